The molecule has 1 radical (unpaired) electrons. The first-order chi connectivity index (χ1) is 19.0. The third-order valence-corrected chi connectivity index (χ3v) is 5.35. The van der Waals surface area contributed by atoms with Crippen molar-refractivity contribution in [2.45, 2.75) is 13.8 Å². The number of pyridine rings is 3. The van der Waals surface area contributed by atoms with Gasteiger partial charge in [0.2, 0.25) is 0 Å². The largest absolute Gasteiger partial charge is 1.00 e. The second-order valence-electron chi connectivity index (χ2n) is 8.40. The Morgan fingerprint density at radius 3 is 1.77 bits per heavy atom. The van der Waals surface area contributed by atoms with Crippen LogP contribution in [-0.2, 0) is 19.8 Å². The smallest absolute Gasteiger partial charge is 0.497 e. The van der Waals surface area contributed by atoms with Crippen LogP contribution in [0.2, 0.25) is 0 Å². The minimum absolute atomic E-state index is 0. The van der Waals surface area contributed by atoms with Crippen molar-refractivity contribution < 1.29 is 24.5 Å². The Morgan fingerprint density at radius 1 is 0.725 bits per heavy atom. The van der Waals surface area contributed by atoms with Crippen molar-refractivity contribution in [3.63, 3.8) is 0 Å². The maximum absolute atomic E-state index is 5.69. The summed E-state index contributed by atoms with van der Waals surface area (Å²) in [6, 6.07) is 23.8. The van der Waals surface area contributed by atoms with Crippen LogP contribution in [0.1, 0.15) is 11.1 Å². The van der Waals surface area contributed by atoms with Gasteiger partial charge in [0, 0.05) is 43.4 Å². The molecule has 0 spiro atoms. The van der Waals surface area contributed by atoms with Crippen molar-refractivity contribution in [1.82, 2.24) is 34.5 Å². The Bertz CT molecular complexity index is 1510. The van der Waals surface area contributed by atoms with Crippen LogP contribution in [0.25, 0.3) is 22.9 Å². The van der Waals surface area contributed by atoms with Crippen LogP contribution < -0.4 is 10.5 Å². The van der Waals surface area contributed by atoms with E-state index in [2.05, 4.69) is 31.2 Å². The molecule has 0 aliphatic rings. The van der Waals surface area contributed by atoms with Crippen LogP contribution in [0.3, 0.4) is 0 Å². The summed E-state index contributed by atoms with van der Waals surface area (Å²) < 4.78 is 8.61. The average Bonchev–Trinajstić information content (AvgIpc) is 3.69. The SMILES string of the molecule is COc1ccnc(-c2[c-]ccc(N)c2)c1.Cc1ccnc(-n2cccn2)c1.Cc1ccnc(-n2cccn2)c1.[Os+]. The van der Waals surface area contributed by atoms with Crippen molar-refractivity contribution in [2.24, 2.45) is 0 Å². The van der Waals surface area contributed by atoms with Gasteiger partial charge in [-0.1, -0.05) is 5.69 Å². The Morgan fingerprint density at radius 2 is 1.30 bits per heavy atom. The third kappa shape index (κ3) is 8.68. The molecule has 6 aromatic rings. The summed E-state index contributed by atoms with van der Waals surface area (Å²) in [7, 11) is 1.63. The zero-order valence-electron chi connectivity index (χ0n) is 22.4. The molecule has 0 saturated carbocycles. The fourth-order valence-electron chi connectivity index (χ4n) is 3.42. The van der Waals surface area contributed by atoms with Crippen LogP contribution in [-0.4, -0.2) is 41.6 Å². The summed E-state index contributed by atoms with van der Waals surface area (Å²) in [6.45, 7) is 4.07. The van der Waals surface area contributed by atoms with E-state index in [1.807, 2.05) is 74.8 Å². The van der Waals surface area contributed by atoms with Crippen molar-refractivity contribution in [2.75, 3.05) is 12.8 Å². The fourth-order valence-corrected chi connectivity index (χ4v) is 3.42. The van der Waals surface area contributed by atoms with Crippen LogP contribution in [0.5, 0.6) is 5.75 Å². The van der Waals surface area contributed by atoms with Gasteiger partial charge in [-0.25, -0.2) is 19.3 Å². The van der Waals surface area contributed by atoms with E-state index in [-0.39, 0.29) is 19.8 Å². The molecule has 0 unspecified atom stereocenters. The molecule has 0 bridgehead atoms. The first-order valence-electron chi connectivity index (χ1n) is 12.1. The first-order valence-corrected chi connectivity index (χ1v) is 12.1. The summed E-state index contributed by atoms with van der Waals surface area (Å²) >= 11 is 0. The van der Waals surface area contributed by atoms with Gasteiger partial charge in [0.1, 0.15) is 5.75 Å². The number of aryl methyl sites for hydroxylation is 2. The van der Waals surface area contributed by atoms with Gasteiger partial charge in [-0.05, 0) is 79.2 Å². The maximum atomic E-state index is 5.69. The van der Waals surface area contributed by atoms with E-state index >= 15 is 0 Å². The van der Waals surface area contributed by atoms with Gasteiger partial charge >= 0.3 is 19.8 Å². The zero-order chi connectivity index (χ0) is 27.5. The minimum atomic E-state index is 0. The van der Waals surface area contributed by atoms with Gasteiger partial charge in [0.05, 0.1) is 7.11 Å². The molecule has 0 aliphatic heterocycles. The Labute approximate surface area is 246 Å². The van der Waals surface area contributed by atoms with E-state index in [9.17, 15) is 0 Å². The second kappa shape index (κ2) is 15.1. The number of anilines is 1. The molecule has 40 heavy (non-hydrogen) atoms. The summed E-state index contributed by atoms with van der Waals surface area (Å²) in [6.07, 6.45) is 12.5. The number of benzene rings is 1. The predicted molar refractivity (Wildman–Crippen MR) is 152 cm³/mol. The zero-order valence-corrected chi connectivity index (χ0v) is 24.9. The van der Waals surface area contributed by atoms with Gasteiger partial charge < -0.3 is 15.5 Å². The molecule has 0 atom stereocenters. The number of aromatic nitrogens is 7. The molecule has 0 amide bonds. The molecule has 10 heteroatoms. The Balaban J connectivity index is 0.000000165. The van der Waals surface area contributed by atoms with Crippen molar-refractivity contribution >= 4 is 5.69 Å². The van der Waals surface area contributed by atoms with Gasteiger partial charge in [0.25, 0.3) is 0 Å². The fraction of sp³-hybridized carbons (Fsp3) is 0.100. The normalized spacial score (nSPS) is 9.78. The number of ether oxygens (including phenoxy) is 1. The Kier molecular flexibility index (Phi) is 11.2. The van der Waals surface area contributed by atoms with Crippen molar-refractivity contribution in [1.29, 1.82) is 0 Å². The monoisotopic (exact) mass is 709 g/mol. The third-order valence-electron chi connectivity index (χ3n) is 5.35. The summed E-state index contributed by atoms with van der Waals surface area (Å²) in [5.41, 5.74) is 10.4. The molecule has 9 nitrogen and oxygen atoms in total. The maximum Gasteiger partial charge on any atom is 1.00 e. The van der Waals surface area contributed by atoms with Crippen LogP contribution in [0.4, 0.5) is 5.69 Å². The second-order valence-corrected chi connectivity index (χ2v) is 8.40. The molecule has 5 heterocycles. The molecule has 1 aromatic carbocycles. The molecule has 0 fully saturated rings. The molecule has 2 N–H and O–H groups in total. The van der Waals surface area contributed by atoms with E-state index in [4.69, 9.17) is 10.5 Å². The van der Waals surface area contributed by atoms with Crippen LogP contribution >= 0.6 is 0 Å². The number of nitrogens with two attached hydrogens (primary N) is 1. The van der Waals surface area contributed by atoms with Gasteiger partial charge in [-0.15, -0.1) is 29.8 Å². The quantitative estimate of drug-likeness (QED) is 0.196. The van der Waals surface area contributed by atoms with Gasteiger partial charge in [0.15, 0.2) is 11.6 Å². The van der Waals surface area contributed by atoms with Crippen molar-refractivity contribution in [3.05, 3.63) is 127 Å². The van der Waals surface area contributed by atoms with E-state index in [0.29, 0.717) is 5.69 Å². The predicted octanol–water partition coefficient (Wildman–Crippen LogP) is 5.29. The number of hydrogen-bond donors (Lipinski definition) is 1. The van der Waals surface area contributed by atoms with E-state index in [1.165, 1.54) is 11.1 Å². The minimum Gasteiger partial charge on any atom is -0.497 e. The summed E-state index contributed by atoms with van der Waals surface area (Å²) in [5, 5.41) is 8.16. The van der Waals surface area contributed by atoms with Gasteiger partial charge in [-0.3, -0.25) is 0 Å². The number of nitrogen functional groups attached to an aromatic ring is 1. The standard InChI is InChI=1S/C12H11N2O.2C9H9N3.Os/c1-15-11-5-6-14-12(8-11)9-3-2-4-10(13)7-9;2*1-8-3-5-10-9(7-8)12-6-2-4-11-12;/h2,4-8H,13H2,1H3;2*2-7H,1H3;/q-1;;;+1. The molecule has 203 valence electrons. The molecular formula is C30H29N8OOs. The Hall–Kier alpha value is -4.67. The molecule has 0 aliphatic carbocycles. The van der Waals surface area contributed by atoms with Crippen LogP contribution in [0, 0.1) is 19.9 Å². The van der Waals surface area contributed by atoms with Gasteiger partial charge in [-0.2, -0.15) is 10.2 Å². The molecule has 6 rings (SSSR count). The average molecular weight is 708 g/mol. The molecule has 0 saturated heterocycles. The number of rotatable bonds is 4. The topological polar surface area (TPSA) is 110 Å². The van der Waals surface area contributed by atoms with E-state index in [0.717, 1.165) is 28.6 Å². The number of hydrogen-bond acceptors (Lipinski definition) is 7. The number of nitrogens with zero attached hydrogens (tertiary/aromatic N) is 7. The summed E-state index contributed by atoms with van der Waals surface area (Å²) in [5.74, 6) is 2.50. The number of methoxy groups -OCH3 is 1. The summed E-state index contributed by atoms with van der Waals surface area (Å²) in [4.78, 5) is 12.6. The van der Waals surface area contributed by atoms with Crippen LogP contribution in [0.15, 0.2) is 110 Å². The molecular weight excluding hydrogens is 679 g/mol. The first kappa shape index (κ1) is 29.9. The van der Waals surface area contributed by atoms with Crippen molar-refractivity contribution in [3.8, 4) is 28.6 Å². The van der Waals surface area contributed by atoms with E-state index < -0.39 is 0 Å². The van der Waals surface area contributed by atoms with E-state index in [1.54, 1.807) is 65.7 Å². The molecule has 5 aromatic heterocycles.